The van der Waals surface area contributed by atoms with Crippen LogP contribution in [0.4, 0.5) is 11.4 Å². The maximum atomic E-state index is 13.6. The van der Waals surface area contributed by atoms with Gasteiger partial charge in [0, 0.05) is 23.3 Å². The third-order valence-electron chi connectivity index (χ3n) is 5.81. The molecule has 0 fully saturated rings. The molecule has 0 bridgehead atoms. The second kappa shape index (κ2) is 9.49. The molecule has 1 aliphatic rings. The lowest BCUT2D eigenvalue weighted by Gasteiger charge is -2.22. The minimum Gasteiger partial charge on any atom is -0.457 e. The van der Waals surface area contributed by atoms with Crippen molar-refractivity contribution in [2.24, 2.45) is 0 Å². The van der Waals surface area contributed by atoms with Crippen LogP contribution in [-0.2, 0) is 4.79 Å². The van der Waals surface area contributed by atoms with Crippen LogP contribution in [0.25, 0.3) is 23.1 Å². The van der Waals surface area contributed by atoms with E-state index in [4.69, 9.17) is 27.6 Å². The molecule has 178 valence electrons. The Morgan fingerprint density at radius 2 is 1.69 bits per heavy atom. The first-order valence-electron chi connectivity index (χ1n) is 11.0. The van der Waals surface area contributed by atoms with Crippen molar-refractivity contribution in [1.29, 1.82) is 0 Å². The standard InChI is InChI=1S/C28H18Cl2N2O4/c1-17-13-21(32(34)35)8-11-25(17)31-26(18-5-3-2-4-6-18)16-20(28(31)33)14-22-9-12-27(36-22)19-7-10-23(29)24(30)15-19/h2-16H,1H3. The summed E-state index contributed by atoms with van der Waals surface area (Å²) < 4.78 is 5.97. The highest BCUT2D eigenvalue weighted by molar-refractivity contribution is 6.42. The van der Waals surface area contributed by atoms with E-state index < -0.39 is 4.92 Å². The topological polar surface area (TPSA) is 76.6 Å². The zero-order valence-electron chi connectivity index (χ0n) is 18.9. The second-order valence-corrected chi connectivity index (χ2v) is 9.01. The van der Waals surface area contributed by atoms with Gasteiger partial charge in [-0.1, -0.05) is 53.5 Å². The van der Waals surface area contributed by atoms with E-state index >= 15 is 0 Å². The van der Waals surface area contributed by atoms with Gasteiger partial charge in [0.05, 0.1) is 26.4 Å². The van der Waals surface area contributed by atoms with Gasteiger partial charge >= 0.3 is 0 Å². The van der Waals surface area contributed by atoms with Crippen molar-refractivity contribution in [3.8, 4) is 11.3 Å². The summed E-state index contributed by atoms with van der Waals surface area (Å²) >= 11 is 12.1. The zero-order chi connectivity index (χ0) is 25.4. The number of furan rings is 1. The number of aryl methyl sites for hydroxylation is 1. The van der Waals surface area contributed by atoms with Crippen LogP contribution in [0.1, 0.15) is 16.9 Å². The first-order chi connectivity index (χ1) is 17.3. The predicted octanol–water partition coefficient (Wildman–Crippen LogP) is 7.94. The van der Waals surface area contributed by atoms with Gasteiger partial charge in [-0.25, -0.2) is 0 Å². The Balaban J connectivity index is 1.55. The van der Waals surface area contributed by atoms with Crippen molar-refractivity contribution in [2.45, 2.75) is 6.92 Å². The summed E-state index contributed by atoms with van der Waals surface area (Å²) in [6, 6.07) is 22.7. The molecule has 1 aliphatic heterocycles. The fraction of sp³-hybridized carbons (Fsp3) is 0.0357. The number of carbonyl (C=O) groups excluding carboxylic acids is 1. The van der Waals surface area contributed by atoms with Crippen molar-refractivity contribution in [2.75, 3.05) is 4.90 Å². The molecule has 8 heteroatoms. The summed E-state index contributed by atoms with van der Waals surface area (Å²) in [6.07, 6.45) is 3.47. The number of hydrogen-bond donors (Lipinski definition) is 0. The summed E-state index contributed by atoms with van der Waals surface area (Å²) in [7, 11) is 0. The Morgan fingerprint density at radius 1 is 0.917 bits per heavy atom. The van der Waals surface area contributed by atoms with Gasteiger partial charge in [-0.05, 0) is 66.6 Å². The van der Waals surface area contributed by atoms with Crippen LogP contribution in [0.15, 0.2) is 94.9 Å². The van der Waals surface area contributed by atoms with Crippen LogP contribution in [0.5, 0.6) is 0 Å². The van der Waals surface area contributed by atoms with E-state index in [1.165, 1.54) is 12.1 Å². The van der Waals surface area contributed by atoms with Crippen molar-refractivity contribution in [3.63, 3.8) is 0 Å². The Hall–Kier alpha value is -4.13. The van der Waals surface area contributed by atoms with Gasteiger partial charge in [0.25, 0.3) is 11.6 Å². The molecule has 0 unspecified atom stereocenters. The summed E-state index contributed by atoms with van der Waals surface area (Å²) in [6.45, 7) is 1.75. The minimum atomic E-state index is -0.454. The average Bonchev–Trinajstić information content (AvgIpc) is 3.46. The monoisotopic (exact) mass is 516 g/mol. The van der Waals surface area contributed by atoms with Gasteiger partial charge in [0.15, 0.2) is 0 Å². The molecule has 3 aromatic carbocycles. The fourth-order valence-electron chi connectivity index (χ4n) is 4.07. The normalized spacial score (nSPS) is 14.4. The minimum absolute atomic E-state index is 0.0330. The van der Waals surface area contributed by atoms with E-state index in [-0.39, 0.29) is 11.6 Å². The largest absolute Gasteiger partial charge is 0.457 e. The Labute approximate surface area is 216 Å². The zero-order valence-corrected chi connectivity index (χ0v) is 20.5. The molecule has 0 radical (unpaired) electrons. The first kappa shape index (κ1) is 23.6. The van der Waals surface area contributed by atoms with Gasteiger partial charge in [-0.3, -0.25) is 19.8 Å². The second-order valence-electron chi connectivity index (χ2n) is 8.19. The predicted molar refractivity (Wildman–Crippen MR) is 142 cm³/mol. The SMILES string of the molecule is Cc1cc([N+](=O)[O-])ccc1N1C(=O)C(=Cc2ccc(-c3ccc(Cl)c(Cl)c3)o2)C=C1c1ccccc1. The molecule has 1 amide bonds. The van der Waals surface area contributed by atoms with Gasteiger partial charge in [-0.2, -0.15) is 0 Å². The number of carbonyl (C=O) groups is 1. The number of hydrogen-bond acceptors (Lipinski definition) is 4. The molecule has 0 spiro atoms. The van der Waals surface area contributed by atoms with Gasteiger partial charge in [0.1, 0.15) is 11.5 Å². The molecule has 6 nitrogen and oxygen atoms in total. The molecule has 1 aromatic heterocycles. The molecule has 0 aliphatic carbocycles. The van der Waals surface area contributed by atoms with Crippen LogP contribution in [0, 0.1) is 17.0 Å². The number of amides is 1. The number of benzene rings is 3. The molecule has 2 heterocycles. The number of halogens is 2. The highest BCUT2D eigenvalue weighted by Crippen LogP contribution is 2.38. The lowest BCUT2D eigenvalue weighted by molar-refractivity contribution is -0.384. The van der Waals surface area contributed by atoms with E-state index in [2.05, 4.69) is 0 Å². The number of nitro groups is 1. The molecular formula is C28H18Cl2N2O4. The van der Waals surface area contributed by atoms with Crippen molar-refractivity contribution < 1.29 is 14.1 Å². The van der Waals surface area contributed by atoms with E-state index in [1.807, 2.05) is 30.3 Å². The summed E-state index contributed by atoms with van der Waals surface area (Å²) in [5.74, 6) is 0.810. The molecule has 0 N–H and O–H groups in total. The highest BCUT2D eigenvalue weighted by atomic mass is 35.5. The first-order valence-corrected chi connectivity index (χ1v) is 11.7. The molecule has 5 rings (SSSR count). The number of nitrogens with zero attached hydrogens (tertiary/aromatic N) is 2. The molecule has 0 saturated carbocycles. The maximum absolute atomic E-state index is 13.6. The summed E-state index contributed by atoms with van der Waals surface area (Å²) in [5.41, 5.74) is 3.83. The molecule has 36 heavy (non-hydrogen) atoms. The smallest absolute Gasteiger partial charge is 0.269 e. The third-order valence-corrected chi connectivity index (χ3v) is 6.55. The number of nitro benzene ring substituents is 1. The van der Waals surface area contributed by atoms with Crippen LogP contribution < -0.4 is 4.90 Å². The number of rotatable bonds is 5. The summed E-state index contributed by atoms with van der Waals surface area (Å²) in [5, 5.41) is 12.1. The van der Waals surface area contributed by atoms with E-state index in [0.29, 0.717) is 44.1 Å². The summed E-state index contributed by atoms with van der Waals surface area (Å²) in [4.78, 5) is 26.0. The average molecular weight is 517 g/mol. The van der Waals surface area contributed by atoms with E-state index in [0.717, 1.165) is 11.1 Å². The van der Waals surface area contributed by atoms with Gasteiger partial charge < -0.3 is 4.42 Å². The van der Waals surface area contributed by atoms with Crippen LogP contribution in [0.2, 0.25) is 10.0 Å². The molecule has 0 saturated heterocycles. The van der Waals surface area contributed by atoms with Crippen LogP contribution >= 0.6 is 23.2 Å². The van der Waals surface area contributed by atoms with Crippen molar-refractivity contribution in [1.82, 2.24) is 0 Å². The quantitative estimate of drug-likeness (QED) is 0.153. The van der Waals surface area contributed by atoms with E-state index in [1.54, 1.807) is 60.4 Å². The van der Waals surface area contributed by atoms with Gasteiger partial charge in [0.2, 0.25) is 0 Å². The fourth-order valence-corrected chi connectivity index (χ4v) is 4.37. The molecule has 0 atom stereocenters. The third kappa shape index (κ3) is 4.44. The van der Waals surface area contributed by atoms with Crippen LogP contribution in [0.3, 0.4) is 0 Å². The number of anilines is 1. The van der Waals surface area contributed by atoms with Crippen molar-refractivity contribution in [3.05, 3.63) is 128 Å². The lowest BCUT2D eigenvalue weighted by atomic mass is 10.1. The Morgan fingerprint density at radius 3 is 2.39 bits per heavy atom. The molecule has 4 aromatic rings. The number of non-ortho nitro benzene ring substituents is 1. The lowest BCUT2D eigenvalue weighted by Crippen LogP contribution is -2.25. The van der Waals surface area contributed by atoms with Crippen LogP contribution in [-0.4, -0.2) is 10.8 Å². The maximum Gasteiger partial charge on any atom is 0.269 e. The highest BCUT2D eigenvalue weighted by Gasteiger charge is 2.32. The van der Waals surface area contributed by atoms with Crippen molar-refractivity contribution >= 4 is 52.3 Å². The molecular weight excluding hydrogens is 499 g/mol. The van der Waals surface area contributed by atoms with Gasteiger partial charge in [-0.15, -0.1) is 0 Å². The van der Waals surface area contributed by atoms with E-state index in [9.17, 15) is 14.9 Å². The Kier molecular flexibility index (Phi) is 6.22. The Bertz CT molecular complexity index is 1570.